The maximum absolute atomic E-state index is 12.9. The number of carbonyl (C=O) groups is 1. The van der Waals surface area contributed by atoms with Crippen molar-refractivity contribution < 1.29 is 18.6 Å². The topological polar surface area (TPSA) is 123 Å². The molecule has 0 radical (unpaired) electrons. The summed E-state index contributed by atoms with van der Waals surface area (Å²) in [6.45, 7) is 0.400. The number of nitrogens with zero attached hydrogens (tertiary/aromatic N) is 2. The first-order valence-corrected chi connectivity index (χ1v) is 10.2. The number of aromatic amines is 1. The highest BCUT2D eigenvalue weighted by Gasteiger charge is 2.19. The van der Waals surface area contributed by atoms with Crippen LogP contribution < -0.4 is 15.8 Å². The number of halogens is 1. The van der Waals surface area contributed by atoms with Crippen LogP contribution in [-0.2, 0) is 6.61 Å². The van der Waals surface area contributed by atoms with Gasteiger partial charge < -0.3 is 14.6 Å². The molecule has 0 aliphatic heterocycles. The van der Waals surface area contributed by atoms with Crippen LogP contribution in [0.1, 0.15) is 16.1 Å². The minimum atomic E-state index is -0.727. The Labute approximate surface area is 190 Å². The van der Waals surface area contributed by atoms with Crippen molar-refractivity contribution in [3.63, 3.8) is 0 Å². The second kappa shape index (κ2) is 8.64. The summed E-state index contributed by atoms with van der Waals surface area (Å²) in [5.41, 5.74) is 2.26. The maximum Gasteiger partial charge on any atom is 0.439 e. The van der Waals surface area contributed by atoms with Gasteiger partial charge in [0.25, 0.3) is 5.91 Å². The molecule has 33 heavy (non-hydrogen) atoms. The van der Waals surface area contributed by atoms with Crippen molar-refractivity contribution in [2.24, 2.45) is 0 Å². The average molecular weight is 463 g/mol. The zero-order valence-corrected chi connectivity index (χ0v) is 17.6. The molecule has 0 fully saturated rings. The Bertz CT molecular complexity index is 1510. The summed E-state index contributed by atoms with van der Waals surface area (Å²) < 4.78 is 15.7. The molecule has 2 aromatic heterocycles. The lowest BCUT2D eigenvalue weighted by Gasteiger charge is -2.08. The second-order valence-corrected chi connectivity index (χ2v) is 7.49. The van der Waals surface area contributed by atoms with E-state index < -0.39 is 11.7 Å². The fraction of sp³-hybridized carbons (Fsp3) is 0.0435. The third kappa shape index (κ3) is 4.35. The number of carbonyl (C=O) groups excluding carboxylic acids is 1. The molecule has 2 N–H and O–H groups in total. The maximum atomic E-state index is 12.9. The number of hydrogen-bond donors (Lipinski definition) is 2. The normalized spacial score (nSPS) is 10.9. The lowest BCUT2D eigenvalue weighted by Crippen LogP contribution is -2.13. The quantitative estimate of drug-likeness (QED) is 0.376. The number of benzene rings is 3. The first kappa shape index (κ1) is 20.5. The molecule has 0 aliphatic carbocycles. The molecular formula is C23H15ClN4O5. The number of aromatic nitrogens is 3. The average Bonchev–Trinajstić information content (AvgIpc) is 3.45. The van der Waals surface area contributed by atoms with Crippen LogP contribution in [0, 0.1) is 0 Å². The Morgan fingerprint density at radius 2 is 1.88 bits per heavy atom. The van der Waals surface area contributed by atoms with E-state index in [1.54, 1.807) is 36.4 Å². The molecule has 0 unspecified atom stereocenters. The van der Waals surface area contributed by atoms with Gasteiger partial charge in [-0.15, -0.1) is 0 Å². The molecule has 9 nitrogen and oxygen atoms in total. The number of rotatable bonds is 6. The van der Waals surface area contributed by atoms with Crippen LogP contribution in [-0.4, -0.2) is 21.2 Å². The molecule has 2 heterocycles. The monoisotopic (exact) mass is 462 g/mol. The minimum absolute atomic E-state index is 0.0918. The standard InChI is InChI=1S/C23H15ClN4O5/c24-14-6-9-18(17(10-14)21-26-23(30)33-28-21)25-22(29)20-16-8-7-15(11-19(16)32-27-20)31-12-13-4-2-1-3-5-13/h1-11H,12H2,(H,25,29)(H,26,28,30). The molecule has 1 amide bonds. The van der Waals surface area contributed by atoms with Gasteiger partial charge in [-0.05, 0) is 35.9 Å². The zero-order chi connectivity index (χ0) is 22.8. The van der Waals surface area contributed by atoms with Crippen molar-refractivity contribution in [2.45, 2.75) is 6.61 Å². The number of fused-ring (bicyclic) bond motifs is 1. The van der Waals surface area contributed by atoms with Crippen molar-refractivity contribution in [3.05, 3.63) is 93.6 Å². The van der Waals surface area contributed by atoms with Gasteiger partial charge >= 0.3 is 5.76 Å². The molecule has 0 saturated heterocycles. The largest absolute Gasteiger partial charge is 0.489 e. The Balaban J connectivity index is 1.38. The molecule has 164 valence electrons. The summed E-state index contributed by atoms with van der Waals surface area (Å²) in [6, 6.07) is 19.6. The number of nitrogens with one attached hydrogen (secondary N) is 2. The molecule has 0 bridgehead atoms. The van der Waals surface area contributed by atoms with Crippen LogP contribution in [0.5, 0.6) is 5.75 Å². The number of hydrogen-bond acceptors (Lipinski definition) is 7. The van der Waals surface area contributed by atoms with E-state index in [9.17, 15) is 9.59 Å². The predicted octanol–water partition coefficient (Wildman–Crippen LogP) is 4.66. The minimum Gasteiger partial charge on any atom is -0.489 e. The highest BCUT2D eigenvalue weighted by atomic mass is 35.5. The predicted molar refractivity (Wildman–Crippen MR) is 120 cm³/mol. The van der Waals surface area contributed by atoms with Crippen LogP contribution in [0.25, 0.3) is 22.4 Å². The van der Waals surface area contributed by atoms with E-state index in [2.05, 4.69) is 25.1 Å². The van der Waals surface area contributed by atoms with Crippen molar-refractivity contribution in [3.8, 4) is 17.1 Å². The number of anilines is 1. The first-order chi connectivity index (χ1) is 16.1. The smallest absolute Gasteiger partial charge is 0.439 e. The fourth-order valence-electron chi connectivity index (χ4n) is 3.26. The molecule has 10 heteroatoms. The van der Waals surface area contributed by atoms with Gasteiger partial charge in [-0.1, -0.05) is 52.2 Å². The summed E-state index contributed by atoms with van der Waals surface area (Å²) in [4.78, 5) is 26.7. The molecule has 0 saturated carbocycles. The van der Waals surface area contributed by atoms with E-state index in [0.717, 1.165) is 5.56 Å². The molecule has 5 aromatic rings. The third-order valence-corrected chi connectivity index (χ3v) is 5.07. The van der Waals surface area contributed by atoms with Gasteiger partial charge in [-0.25, -0.2) is 4.79 Å². The SMILES string of the molecule is O=C(Nc1ccc(Cl)cc1-c1noc(=O)[nH]1)c1noc2cc(OCc3ccccc3)ccc12. The Morgan fingerprint density at radius 3 is 2.67 bits per heavy atom. The Hall–Kier alpha value is -4.37. The van der Waals surface area contributed by atoms with Gasteiger partial charge in [-0.2, -0.15) is 0 Å². The zero-order valence-electron chi connectivity index (χ0n) is 16.9. The fourth-order valence-corrected chi connectivity index (χ4v) is 3.43. The first-order valence-electron chi connectivity index (χ1n) is 9.80. The van der Waals surface area contributed by atoms with Gasteiger partial charge in [0, 0.05) is 16.7 Å². The van der Waals surface area contributed by atoms with E-state index in [4.69, 9.17) is 20.9 Å². The van der Waals surface area contributed by atoms with Gasteiger partial charge in [0.2, 0.25) is 0 Å². The van der Waals surface area contributed by atoms with Gasteiger partial charge in [0.05, 0.1) is 11.1 Å². The number of H-pyrrole nitrogens is 1. The molecule has 0 aliphatic rings. The van der Waals surface area contributed by atoms with Crippen molar-refractivity contribution in [1.29, 1.82) is 0 Å². The molecule has 5 rings (SSSR count). The van der Waals surface area contributed by atoms with E-state index in [0.29, 0.717) is 39.6 Å². The summed E-state index contributed by atoms with van der Waals surface area (Å²) in [7, 11) is 0. The second-order valence-electron chi connectivity index (χ2n) is 7.05. The van der Waals surface area contributed by atoms with Gasteiger partial charge in [0.15, 0.2) is 17.1 Å². The number of amides is 1. The molecular weight excluding hydrogens is 448 g/mol. The molecule has 3 aromatic carbocycles. The summed E-state index contributed by atoms with van der Waals surface area (Å²) in [6.07, 6.45) is 0. The van der Waals surface area contributed by atoms with E-state index in [1.807, 2.05) is 30.3 Å². The van der Waals surface area contributed by atoms with Crippen LogP contribution in [0.15, 0.2) is 80.6 Å². The van der Waals surface area contributed by atoms with Crippen LogP contribution in [0.3, 0.4) is 0 Å². The lowest BCUT2D eigenvalue weighted by molar-refractivity contribution is 0.102. The van der Waals surface area contributed by atoms with Crippen molar-refractivity contribution in [2.75, 3.05) is 5.32 Å². The third-order valence-electron chi connectivity index (χ3n) is 4.83. The van der Waals surface area contributed by atoms with Crippen molar-refractivity contribution >= 4 is 34.2 Å². The number of ether oxygens (including phenoxy) is 1. The van der Waals surface area contributed by atoms with Crippen LogP contribution in [0.4, 0.5) is 5.69 Å². The van der Waals surface area contributed by atoms with Gasteiger partial charge in [0.1, 0.15) is 12.4 Å². The Kier molecular flexibility index (Phi) is 5.37. The highest BCUT2D eigenvalue weighted by Crippen LogP contribution is 2.30. The van der Waals surface area contributed by atoms with Crippen molar-refractivity contribution in [1.82, 2.24) is 15.3 Å². The molecule has 0 spiro atoms. The lowest BCUT2D eigenvalue weighted by atomic mass is 10.1. The Morgan fingerprint density at radius 1 is 1.03 bits per heavy atom. The highest BCUT2D eigenvalue weighted by molar-refractivity contribution is 6.31. The summed E-state index contributed by atoms with van der Waals surface area (Å²) in [5, 5.41) is 11.2. The van der Waals surface area contributed by atoms with E-state index in [1.165, 1.54) is 0 Å². The summed E-state index contributed by atoms with van der Waals surface area (Å²) in [5.74, 6) is -0.524. The van der Waals surface area contributed by atoms with E-state index >= 15 is 0 Å². The van der Waals surface area contributed by atoms with Crippen LogP contribution >= 0.6 is 11.6 Å². The van der Waals surface area contributed by atoms with Gasteiger partial charge in [-0.3, -0.25) is 14.3 Å². The van der Waals surface area contributed by atoms with Crippen LogP contribution in [0.2, 0.25) is 5.02 Å². The summed E-state index contributed by atoms with van der Waals surface area (Å²) >= 11 is 6.07. The van der Waals surface area contributed by atoms with E-state index in [-0.39, 0.29) is 11.5 Å². The molecule has 0 atom stereocenters.